The highest BCUT2D eigenvalue weighted by Crippen LogP contribution is 2.26. The van der Waals surface area contributed by atoms with Gasteiger partial charge < -0.3 is 4.74 Å². The SMILES string of the molecule is O=C(C[N+](=O)[O-])c1ccccc1OC(F)(F)F. The number of carbonyl (C=O) groups excluding carboxylic acids is 1. The normalized spacial score (nSPS) is 11.0. The van der Waals surface area contributed by atoms with E-state index in [-0.39, 0.29) is 0 Å². The van der Waals surface area contributed by atoms with Crippen molar-refractivity contribution >= 4 is 5.78 Å². The summed E-state index contributed by atoms with van der Waals surface area (Å²) in [5.41, 5.74) is -0.471. The molecule has 0 saturated heterocycles. The Balaban J connectivity index is 2.99. The molecule has 0 saturated carbocycles. The molecule has 0 aliphatic heterocycles. The summed E-state index contributed by atoms with van der Waals surface area (Å²) in [7, 11) is 0. The van der Waals surface area contributed by atoms with Gasteiger partial charge in [0.15, 0.2) is 0 Å². The maximum atomic E-state index is 12.0. The second kappa shape index (κ2) is 4.81. The first-order valence-electron chi connectivity index (χ1n) is 4.29. The number of benzene rings is 1. The highest BCUT2D eigenvalue weighted by molar-refractivity contribution is 5.99. The Morgan fingerprint density at radius 1 is 1.35 bits per heavy atom. The van der Waals surface area contributed by atoms with Gasteiger partial charge in [0.2, 0.25) is 5.78 Å². The van der Waals surface area contributed by atoms with Crippen molar-refractivity contribution in [3.05, 3.63) is 39.9 Å². The molecule has 0 fully saturated rings. The molecule has 0 spiro atoms. The third kappa shape index (κ3) is 4.09. The molecule has 0 aromatic heterocycles. The van der Waals surface area contributed by atoms with Crippen LogP contribution < -0.4 is 4.74 Å². The maximum absolute atomic E-state index is 12.0. The zero-order valence-electron chi connectivity index (χ0n) is 8.23. The van der Waals surface area contributed by atoms with Crippen molar-refractivity contribution in [1.29, 1.82) is 0 Å². The topological polar surface area (TPSA) is 69.4 Å². The third-order valence-electron chi connectivity index (χ3n) is 1.69. The van der Waals surface area contributed by atoms with Crippen LogP contribution in [0, 0.1) is 10.1 Å². The van der Waals surface area contributed by atoms with E-state index in [4.69, 9.17) is 0 Å². The van der Waals surface area contributed by atoms with Crippen LogP contribution in [0.4, 0.5) is 13.2 Å². The summed E-state index contributed by atoms with van der Waals surface area (Å²) in [6.07, 6.45) is -4.95. The quantitative estimate of drug-likeness (QED) is 0.465. The summed E-state index contributed by atoms with van der Waals surface area (Å²) >= 11 is 0. The lowest BCUT2D eigenvalue weighted by molar-refractivity contribution is -0.465. The van der Waals surface area contributed by atoms with Crippen LogP contribution in [0.2, 0.25) is 0 Å². The Morgan fingerprint density at radius 2 is 1.94 bits per heavy atom. The highest BCUT2D eigenvalue weighted by atomic mass is 19.4. The predicted octanol–water partition coefficient (Wildman–Crippen LogP) is 2.04. The molecule has 0 aliphatic rings. The number of para-hydroxylation sites is 1. The van der Waals surface area contributed by atoms with Gasteiger partial charge in [-0.15, -0.1) is 13.2 Å². The minimum atomic E-state index is -4.95. The van der Waals surface area contributed by atoms with E-state index in [0.29, 0.717) is 0 Å². The Hall–Kier alpha value is -2.12. The Bertz CT molecular complexity index is 444. The van der Waals surface area contributed by atoms with Crippen molar-refractivity contribution in [2.45, 2.75) is 6.36 Å². The van der Waals surface area contributed by atoms with Crippen molar-refractivity contribution in [2.75, 3.05) is 6.54 Å². The molecular weight excluding hydrogens is 243 g/mol. The molecule has 5 nitrogen and oxygen atoms in total. The van der Waals surface area contributed by atoms with Crippen molar-refractivity contribution < 1.29 is 27.6 Å². The monoisotopic (exact) mass is 249 g/mol. The molecule has 0 radical (unpaired) electrons. The van der Waals surface area contributed by atoms with Crippen LogP contribution in [0.25, 0.3) is 0 Å². The minimum Gasteiger partial charge on any atom is -0.405 e. The molecule has 17 heavy (non-hydrogen) atoms. The molecule has 92 valence electrons. The van der Waals surface area contributed by atoms with E-state index >= 15 is 0 Å². The summed E-state index contributed by atoms with van der Waals surface area (Å²) in [6, 6.07) is 4.47. The van der Waals surface area contributed by atoms with Gasteiger partial charge in [-0.05, 0) is 12.1 Å². The number of nitro groups is 1. The van der Waals surface area contributed by atoms with E-state index in [0.717, 1.165) is 12.1 Å². The first-order chi connectivity index (χ1) is 7.79. The smallest absolute Gasteiger partial charge is 0.405 e. The average molecular weight is 249 g/mol. The second-order valence-electron chi connectivity index (χ2n) is 2.96. The second-order valence-corrected chi connectivity index (χ2v) is 2.96. The Labute approximate surface area is 93.0 Å². The van der Waals surface area contributed by atoms with Gasteiger partial charge in [-0.25, -0.2) is 0 Å². The third-order valence-corrected chi connectivity index (χ3v) is 1.69. The fourth-order valence-electron chi connectivity index (χ4n) is 1.11. The van der Waals surface area contributed by atoms with Gasteiger partial charge in [-0.3, -0.25) is 14.9 Å². The zero-order valence-corrected chi connectivity index (χ0v) is 8.23. The summed E-state index contributed by atoms with van der Waals surface area (Å²) in [5.74, 6) is -1.79. The molecule has 0 atom stereocenters. The summed E-state index contributed by atoms with van der Waals surface area (Å²) in [4.78, 5) is 20.5. The number of alkyl halides is 3. The van der Waals surface area contributed by atoms with Gasteiger partial charge in [-0.1, -0.05) is 12.1 Å². The van der Waals surface area contributed by atoms with Crippen molar-refractivity contribution in [3.63, 3.8) is 0 Å². The van der Waals surface area contributed by atoms with Gasteiger partial charge in [0.25, 0.3) is 6.54 Å². The van der Waals surface area contributed by atoms with Crippen LogP contribution in [0.5, 0.6) is 5.75 Å². The molecule has 1 rings (SSSR count). The van der Waals surface area contributed by atoms with Crippen LogP contribution in [-0.2, 0) is 0 Å². The van der Waals surface area contributed by atoms with Crippen molar-refractivity contribution in [1.82, 2.24) is 0 Å². The largest absolute Gasteiger partial charge is 0.573 e. The van der Waals surface area contributed by atoms with E-state index in [1.54, 1.807) is 0 Å². The number of nitrogens with zero attached hydrogens (tertiary/aromatic N) is 1. The van der Waals surface area contributed by atoms with Crippen LogP contribution in [0.1, 0.15) is 10.4 Å². The minimum absolute atomic E-state index is 0.471. The zero-order chi connectivity index (χ0) is 13.1. The lowest BCUT2D eigenvalue weighted by atomic mass is 10.1. The number of hydrogen-bond acceptors (Lipinski definition) is 4. The van der Waals surface area contributed by atoms with E-state index in [9.17, 15) is 28.1 Å². The lowest BCUT2D eigenvalue weighted by Crippen LogP contribution is -2.21. The van der Waals surface area contributed by atoms with Gasteiger partial charge in [-0.2, -0.15) is 0 Å². The first-order valence-corrected chi connectivity index (χ1v) is 4.29. The number of Topliss-reactive ketones (excluding diaryl/α,β-unsaturated/α-hetero) is 1. The number of carbonyl (C=O) groups is 1. The Kier molecular flexibility index (Phi) is 3.66. The number of halogens is 3. The van der Waals surface area contributed by atoms with Gasteiger partial charge >= 0.3 is 6.36 Å². The number of ketones is 1. The van der Waals surface area contributed by atoms with Gasteiger partial charge in [0, 0.05) is 4.92 Å². The Morgan fingerprint density at radius 3 is 2.47 bits per heavy atom. The predicted molar refractivity (Wildman–Crippen MR) is 49.3 cm³/mol. The first kappa shape index (κ1) is 12.9. The molecule has 0 heterocycles. The number of ether oxygens (including phenoxy) is 1. The van der Waals surface area contributed by atoms with E-state index < -0.39 is 34.9 Å². The van der Waals surface area contributed by atoms with E-state index in [1.165, 1.54) is 12.1 Å². The highest BCUT2D eigenvalue weighted by Gasteiger charge is 2.33. The fourth-order valence-corrected chi connectivity index (χ4v) is 1.11. The molecule has 8 heteroatoms. The molecule has 1 aromatic rings. The van der Waals surface area contributed by atoms with Crippen molar-refractivity contribution in [2.24, 2.45) is 0 Å². The molecule has 1 aromatic carbocycles. The molecular formula is C9H6F3NO4. The molecule has 0 unspecified atom stereocenters. The molecule has 0 N–H and O–H groups in total. The summed E-state index contributed by atoms with van der Waals surface area (Å²) < 4.78 is 39.5. The maximum Gasteiger partial charge on any atom is 0.573 e. The summed E-state index contributed by atoms with van der Waals surface area (Å²) in [6.45, 7) is -1.09. The number of hydrogen-bond donors (Lipinski definition) is 0. The molecule has 0 bridgehead atoms. The van der Waals surface area contributed by atoms with E-state index in [1.807, 2.05) is 0 Å². The lowest BCUT2D eigenvalue weighted by Gasteiger charge is -2.11. The van der Waals surface area contributed by atoms with E-state index in [2.05, 4.69) is 4.74 Å². The van der Waals surface area contributed by atoms with Crippen LogP contribution >= 0.6 is 0 Å². The standard InChI is InChI=1S/C9H6F3NO4/c10-9(11,12)17-8-4-2-1-3-6(8)7(14)5-13(15)16/h1-4H,5H2. The molecule has 0 amide bonds. The summed E-state index contributed by atoms with van der Waals surface area (Å²) in [5, 5.41) is 10.1. The van der Waals surface area contributed by atoms with Gasteiger partial charge in [0.1, 0.15) is 5.75 Å². The van der Waals surface area contributed by atoms with Crippen LogP contribution in [-0.4, -0.2) is 23.6 Å². The fraction of sp³-hybridized carbons (Fsp3) is 0.222. The molecule has 0 aliphatic carbocycles. The number of rotatable bonds is 4. The van der Waals surface area contributed by atoms with Crippen molar-refractivity contribution in [3.8, 4) is 5.75 Å². The van der Waals surface area contributed by atoms with Gasteiger partial charge in [0.05, 0.1) is 5.56 Å². The average Bonchev–Trinajstić information content (AvgIpc) is 2.14. The van der Waals surface area contributed by atoms with Crippen LogP contribution in [0.3, 0.4) is 0 Å². The van der Waals surface area contributed by atoms with Crippen LogP contribution in [0.15, 0.2) is 24.3 Å².